The van der Waals surface area contributed by atoms with Gasteiger partial charge >= 0.3 is 6.18 Å². The highest BCUT2D eigenvalue weighted by atomic mass is 35.5. The molecule has 0 atom stereocenters. The van der Waals surface area contributed by atoms with Crippen LogP contribution in [0.4, 0.5) is 13.2 Å². The first-order valence-corrected chi connectivity index (χ1v) is 7.77. The molecule has 1 rings (SSSR count). The molecule has 2 nitrogen and oxygen atoms in total. The highest BCUT2D eigenvalue weighted by molar-refractivity contribution is 6.17. The van der Waals surface area contributed by atoms with Crippen LogP contribution in [0, 0.1) is 11.8 Å². The summed E-state index contributed by atoms with van der Waals surface area (Å²) < 4.78 is 37.7. The summed E-state index contributed by atoms with van der Waals surface area (Å²) in [5.41, 5.74) is 0. The molecule has 1 fully saturated rings. The van der Waals surface area contributed by atoms with Crippen LogP contribution in [0.25, 0.3) is 0 Å². The van der Waals surface area contributed by atoms with Crippen molar-refractivity contribution in [2.75, 3.05) is 19.5 Å². The van der Waals surface area contributed by atoms with Crippen LogP contribution in [0.15, 0.2) is 0 Å². The van der Waals surface area contributed by atoms with Gasteiger partial charge in [0, 0.05) is 25.4 Å². The maximum atomic E-state index is 12.6. The normalized spacial score (nSPS) is 23.6. The molecule has 1 aliphatic carbocycles. The van der Waals surface area contributed by atoms with Crippen molar-refractivity contribution in [3.8, 4) is 0 Å². The number of alkyl halides is 4. The van der Waals surface area contributed by atoms with E-state index in [9.17, 15) is 18.0 Å². The van der Waals surface area contributed by atoms with Gasteiger partial charge in [-0.05, 0) is 38.5 Å². The lowest BCUT2D eigenvalue weighted by atomic mass is 9.81. The largest absolute Gasteiger partial charge is 0.391 e. The molecule has 0 N–H and O–H groups in total. The lowest BCUT2D eigenvalue weighted by Crippen LogP contribution is -2.37. The predicted octanol–water partition coefficient (Wildman–Crippen LogP) is 4.22. The van der Waals surface area contributed by atoms with Gasteiger partial charge in [-0.15, -0.1) is 11.6 Å². The van der Waals surface area contributed by atoms with Gasteiger partial charge in [0.1, 0.15) is 0 Å². The van der Waals surface area contributed by atoms with Gasteiger partial charge in [0.15, 0.2) is 0 Å². The van der Waals surface area contributed by atoms with Crippen LogP contribution in [0.5, 0.6) is 0 Å². The van der Waals surface area contributed by atoms with Gasteiger partial charge in [-0.2, -0.15) is 13.2 Å². The van der Waals surface area contributed by atoms with Crippen LogP contribution in [-0.4, -0.2) is 36.5 Å². The zero-order chi connectivity index (χ0) is 15.2. The molecule has 1 aliphatic rings. The van der Waals surface area contributed by atoms with E-state index in [0.717, 1.165) is 19.3 Å². The third-order valence-corrected chi connectivity index (χ3v) is 4.31. The lowest BCUT2D eigenvalue weighted by Gasteiger charge is -2.31. The third-order valence-electron chi connectivity index (χ3n) is 4.04. The zero-order valence-corrected chi connectivity index (χ0v) is 12.6. The predicted molar refractivity (Wildman–Crippen MR) is 73.7 cm³/mol. The number of rotatable bonds is 6. The van der Waals surface area contributed by atoms with E-state index in [4.69, 9.17) is 11.6 Å². The van der Waals surface area contributed by atoms with Crippen molar-refractivity contribution in [1.29, 1.82) is 0 Å². The van der Waals surface area contributed by atoms with Gasteiger partial charge in [-0.3, -0.25) is 4.79 Å². The molecule has 6 heteroatoms. The van der Waals surface area contributed by atoms with Crippen LogP contribution in [0.2, 0.25) is 0 Å². The van der Waals surface area contributed by atoms with E-state index in [1.807, 2.05) is 0 Å². The molecule has 0 aromatic carbocycles. The molecule has 20 heavy (non-hydrogen) atoms. The minimum Gasteiger partial charge on any atom is -0.346 e. The van der Waals surface area contributed by atoms with E-state index in [0.29, 0.717) is 25.3 Å². The molecule has 0 bridgehead atoms. The average Bonchev–Trinajstić information content (AvgIpc) is 2.41. The number of halogens is 4. The first kappa shape index (κ1) is 17.6. The van der Waals surface area contributed by atoms with E-state index < -0.39 is 12.1 Å². The smallest absolute Gasteiger partial charge is 0.346 e. The highest BCUT2D eigenvalue weighted by Gasteiger charge is 2.42. The second kappa shape index (κ2) is 8.11. The number of unbranched alkanes of at least 4 members (excludes halogenated alkanes) is 2. The van der Waals surface area contributed by atoms with E-state index in [1.165, 1.54) is 0 Å². The van der Waals surface area contributed by atoms with Crippen LogP contribution < -0.4 is 0 Å². The molecule has 0 radical (unpaired) electrons. The van der Waals surface area contributed by atoms with Gasteiger partial charge in [-0.1, -0.05) is 6.42 Å². The highest BCUT2D eigenvalue weighted by Crippen LogP contribution is 2.39. The molecule has 1 saturated carbocycles. The van der Waals surface area contributed by atoms with Crippen molar-refractivity contribution >= 4 is 17.5 Å². The van der Waals surface area contributed by atoms with E-state index in [1.54, 1.807) is 11.9 Å². The molecule has 0 unspecified atom stereocenters. The zero-order valence-electron chi connectivity index (χ0n) is 11.9. The Morgan fingerprint density at radius 3 is 2.25 bits per heavy atom. The van der Waals surface area contributed by atoms with Crippen molar-refractivity contribution < 1.29 is 18.0 Å². The van der Waals surface area contributed by atoms with Gasteiger partial charge in [0.2, 0.25) is 5.91 Å². The van der Waals surface area contributed by atoms with Crippen LogP contribution in [0.3, 0.4) is 0 Å². The van der Waals surface area contributed by atoms with Crippen molar-refractivity contribution in [1.82, 2.24) is 4.90 Å². The minimum atomic E-state index is -4.11. The minimum absolute atomic E-state index is 0.00324. The number of carbonyl (C=O) groups is 1. The number of hydrogen-bond acceptors (Lipinski definition) is 1. The summed E-state index contributed by atoms with van der Waals surface area (Å²) in [5, 5.41) is 0. The Hall–Kier alpha value is -0.450. The lowest BCUT2D eigenvalue weighted by molar-refractivity contribution is -0.185. The topological polar surface area (TPSA) is 20.3 Å². The summed E-state index contributed by atoms with van der Waals surface area (Å²) in [7, 11) is 1.73. The molecule has 118 valence electrons. The first-order chi connectivity index (χ1) is 9.36. The molecule has 0 heterocycles. The standard InChI is InChI=1S/C14H23ClF3NO/c1-19(10-4-2-3-9-15)13(20)11-5-7-12(8-6-11)14(16,17)18/h11-12H,2-10H2,1H3. The Balaban J connectivity index is 2.31. The van der Waals surface area contributed by atoms with Crippen LogP contribution in [0.1, 0.15) is 44.9 Å². The van der Waals surface area contributed by atoms with Gasteiger partial charge < -0.3 is 4.90 Å². The Labute approximate surface area is 123 Å². The molecule has 0 aliphatic heterocycles. The summed E-state index contributed by atoms with van der Waals surface area (Å²) in [6.45, 7) is 0.662. The maximum absolute atomic E-state index is 12.6. The Bertz CT molecular complexity index is 301. The first-order valence-electron chi connectivity index (χ1n) is 7.24. The van der Waals surface area contributed by atoms with Crippen molar-refractivity contribution in [2.45, 2.75) is 51.1 Å². The number of carbonyl (C=O) groups excluding carboxylic acids is 1. The molecule has 0 spiro atoms. The molecular formula is C14H23ClF3NO. The second-order valence-electron chi connectivity index (χ2n) is 5.60. The monoisotopic (exact) mass is 313 g/mol. The Kier molecular flexibility index (Phi) is 7.13. The fraction of sp³-hybridized carbons (Fsp3) is 0.929. The molecule has 0 aromatic rings. The third kappa shape index (κ3) is 5.51. The van der Waals surface area contributed by atoms with E-state index >= 15 is 0 Å². The number of hydrogen-bond donors (Lipinski definition) is 0. The van der Waals surface area contributed by atoms with Crippen molar-refractivity contribution in [2.24, 2.45) is 11.8 Å². The molecule has 0 saturated heterocycles. The molecule has 0 aromatic heterocycles. The fourth-order valence-electron chi connectivity index (χ4n) is 2.71. The number of amides is 1. The van der Waals surface area contributed by atoms with Gasteiger partial charge in [-0.25, -0.2) is 0 Å². The molecular weight excluding hydrogens is 291 g/mol. The summed E-state index contributed by atoms with van der Waals surface area (Å²) in [5.74, 6) is -0.831. The summed E-state index contributed by atoms with van der Waals surface area (Å²) >= 11 is 5.58. The average molecular weight is 314 g/mol. The van der Waals surface area contributed by atoms with Crippen molar-refractivity contribution in [3.63, 3.8) is 0 Å². The summed E-state index contributed by atoms with van der Waals surface area (Å²) in [4.78, 5) is 13.8. The SMILES string of the molecule is CN(CCCCCCl)C(=O)C1CCC(C(F)(F)F)CC1. The van der Waals surface area contributed by atoms with E-state index in [-0.39, 0.29) is 24.7 Å². The van der Waals surface area contributed by atoms with Crippen LogP contribution in [-0.2, 0) is 4.79 Å². The number of nitrogens with zero attached hydrogens (tertiary/aromatic N) is 1. The Morgan fingerprint density at radius 1 is 1.15 bits per heavy atom. The summed E-state index contributed by atoms with van der Waals surface area (Å²) in [6, 6.07) is 0. The van der Waals surface area contributed by atoms with E-state index in [2.05, 4.69) is 0 Å². The molecule has 1 amide bonds. The van der Waals surface area contributed by atoms with Crippen molar-refractivity contribution in [3.05, 3.63) is 0 Å². The quantitative estimate of drug-likeness (QED) is 0.531. The van der Waals surface area contributed by atoms with Gasteiger partial charge in [0.25, 0.3) is 0 Å². The van der Waals surface area contributed by atoms with Gasteiger partial charge in [0.05, 0.1) is 5.92 Å². The summed E-state index contributed by atoms with van der Waals surface area (Å²) in [6.07, 6.45) is -0.430. The van der Waals surface area contributed by atoms with Crippen LogP contribution >= 0.6 is 11.6 Å². The maximum Gasteiger partial charge on any atom is 0.391 e. The Morgan fingerprint density at radius 2 is 1.75 bits per heavy atom. The second-order valence-corrected chi connectivity index (χ2v) is 5.98. The fourth-order valence-corrected chi connectivity index (χ4v) is 2.90.